The Kier molecular flexibility index (Phi) is 7.06. The molecule has 0 aromatic heterocycles. The van der Waals surface area contributed by atoms with E-state index in [4.69, 9.17) is 9.47 Å². The maximum atomic E-state index is 11.6. The smallest absolute Gasteiger partial charge is 0.162 e. The fourth-order valence-electron chi connectivity index (χ4n) is 3.04. The van der Waals surface area contributed by atoms with Gasteiger partial charge >= 0.3 is 0 Å². The summed E-state index contributed by atoms with van der Waals surface area (Å²) in [5, 5.41) is 0. The number of unbranched alkanes of at least 4 members (excludes halogenated alkanes) is 1. The summed E-state index contributed by atoms with van der Waals surface area (Å²) in [7, 11) is 0. The van der Waals surface area contributed by atoms with Gasteiger partial charge < -0.3 is 9.47 Å². The van der Waals surface area contributed by atoms with Gasteiger partial charge in [-0.2, -0.15) is 0 Å². The summed E-state index contributed by atoms with van der Waals surface area (Å²) >= 11 is 0. The Hall–Kier alpha value is -1.39. The van der Waals surface area contributed by atoms with E-state index in [-0.39, 0.29) is 5.78 Å². The van der Waals surface area contributed by atoms with E-state index >= 15 is 0 Å². The number of ether oxygens (including phenoxy) is 2. The fraction of sp³-hybridized carbons (Fsp3) is 0.632. The number of carbonyl (C=O) groups excluding carboxylic acids is 1. The highest BCUT2D eigenvalue weighted by Crippen LogP contribution is 2.15. The predicted molar refractivity (Wildman–Crippen MR) is 92.2 cm³/mol. The van der Waals surface area contributed by atoms with Crippen molar-refractivity contribution in [2.45, 2.75) is 52.2 Å². The van der Waals surface area contributed by atoms with Crippen molar-refractivity contribution in [1.82, 2.24) is 4.90 Å². The van der Waals surface area contributed by atoms with E-state index in [9.17, 15) is 4.79 Å². The minimum Gasteiger partial charge on any atom is -0.494 e. The van der Waals surface area contributed by atoms with Crippen LogP contribution in [0.4, 0.5) is 0 Å². The lowest BCUT2D eigenvalue weighted by Gasteiger charge is -2.35. The minimum absolute atomic E-state index is 0.172. The van der Waals surface area contributed by atoms with E-state index < -0.39 is 0 Å². The molecule has 1 heterocycles. The van der Waals surface area contributed by atoms with Gasteiger partial charge in [-0.05, 0) is 57.5 Å². The Morgan fingerprint density at radius 1 is 1.17 bits per heavy atom. The van der Waals surface area contributed by atoms with Gasteiger partial charge in [-0.15, -0.1) is 0 Å². The topological polar surface area (TPSA) is 38.8 Å². The van der Waals surface area contributed by atoms with Gasteiger partial charge in [0.1, 0.15) is 5.75 Å². The molecule has 1 aliphatic rings. The van der Waals surface area contributed by atoms with Gasteiger partial charge in [0.25, 0.3) is 0 Å². The lowest BCUT2D eigenvalue weighted by atomic mass is 10.1. The zero-order chi connectivity index (χ0) is 16.7. The third kappa shape index (κ3) is 5.96. The molecule has 4 heteroatoms. The zero-order valence-corrected chi connectivity index (χ0v) is 14.6. The number of carbonyl (C=O) groups is 1. The lowest BCUT2D eigenvalue weighted by Crippen LogP contribution is -2.45. The van der Waals surface area contributed by atoms with Crippen LogP contribution in [-0.4, -0.2) is 49.1 Å². The molecule has 0 aliphatic carbocycles. The zero-order valence-electron chi connectivity index (χ0n) is 14.6. The van der Waals surface area contributed by atoms with Gasteiger partial charge in [0, 0.05) is 25.1 Å². The van der Waals surface area contributed by atoms with E-state index in [1.54, 1.807) is 0 Å². The molecular formula is C19H29NO3. The van der Waals surface area contributed by atoms with Crippen molar-refractivity contribution in [2.75, 3.05) is 26.2 Å². The highest BCUT2D eigenvalue weighted by Gasteiger charge is 2.21. The van der Waals surface area contributed by atoms with Gasteiger partial charge in [-0.25, -0.2) is 0 Å². The summed E-state index contributed by atoms with van der Waals surface area (Å²) in [6.07, 6.45) is 3.37. The van der Waals surface area contributed by atoms with Gasteiger partial charge in [0.15, 0.2) is 5.78 Å². The van der Waals surface area contributed by atoms with Crippen LogP contribution in [0.25, 0.3) is 0 Å². The Morgan fingerprint density at radius 2 is 1.83 bits per heavy atom. The van der Waals surface area contributed by atoms with Crippen LogP contribution in [0.5, 0.6) is 5.75 Å². The maximum absolute atomic E-state index is 11.6. The number of ketones is 1. The monoisotopic (exact) mass is 319 g/mol. The van der Waals surface area contributed by atoms with Gasteiger partial charge in [0.2, 0.25) is 0 Å². The summed E-state index contributed by atoms with van der Waals surface area (Å²) in [4.78, 5) is 14.0. The molecule has 0 radical (unpaired) electrons. The Morgan fingerprint density at radius 3 is 2.43 bits per heavy atom. The molecule has 128 valence electrons. The molecule has 1 aliphatic heterocycles. The van der Waals surface area contributed by atoms with Crippen LogP contribution in [0.15, 0.2) is 24.3 Å². The number of nitrogens with zero attached hydrogens (tertiary/aromatic N) is 1. The molecule has 0 N–H and O–H groups in total. The van der Waals surface area contributed by atoms with Gasteiger partial charge in [-0.3, -0.25) is 9.69 Å². The molecule has 1 saturated heterocycles. The summed E-state index contributed by atoms with van der Waals surface area (Å²) in [5.41, 5.74) is 0.760. The molecule has 2 unspecified atom stereocenters. The van der Waals surface area contributed by atoms with Crippen LogP contribution < -0.4 is 4.74 Å². The number of Topliss-reactive ketones (excluding diaryl/α,β-unsaturated/α-hetero) is 1. The number of morpholine rings is 1. The highest BCUT2D eigenvalue weighted by atomic mass is 16.5. The first kappa shape index (κ1) is 18.0. The lowest BCUT2D eigenvalue weighted by molar-refractivity contribution is -0.0682. The molecule has 4 nitrogen and oxygen atoms in total. The van der Waals surface area contributed by atoms with Crippen molar-refractivity contribution in [2.24, 2.45) is 0 Å². The quantitative estimate of drug-likeness (QED) is 0.542. The van der Waals surface area contributed by atoms with Crippen molar-refractivity contribution >= 4 is 5.78 Å². The van der Waals surface area contributed by atoms with E-state index in [0.29, 0.717) is 18.6 Å². The largest absolute Gasteiger partial charge is 0.494 e. The van der Waals surface area contributed by atoms with Crippen molar-refractivity contribution in [3.63, 3.8) is 0 Å². The summed E-state index contributed by atoms with van der Waals surface area (Å²) in [6.45, 7) is 10.0. The second kappa shape index (κ2) is 9.04. The molecule has 0 spiro atoms. The first-order valence-corrected chi connectivity index (χ1v) is 8.72. The SMILES string of the molecule is CCC(=O)c1ccc(OCCCCN2CC(C)OC(C)C2)cc1. The Labute approximate surface area is 139 Å². The Bertz CT molecular complexity index is 476. The van der Waals surface area contributed by atoms with Gasteiger partial charge in [-0.1, -0.05) is 6.92 Å². The molecular weight excluding hydrogens is 290 g/mol. The molecule has 1 aromatic rings. The van der Waals surface area contributed by atoms with E-state index in [2.05, 4.69) is 18.7 Å². The Balaban J connectivity index is 1.63. The van der Waals surface area contributed by atoms with Crippen molar-refractivity contribution in [3.05, 3.63) is 29.8 Å². The predicted octanol–water partition coefficient (Wildman–Crippen LogP) is 3.55. The number of hydrogen-bond acceptors (Lipinski definition) is 4. The van der Waals surface area contributed by atoms with E-state index in [1.165, 1.54) is 0 Å². The standard InChI is InChI=1S/C19H29NO3/c1-4-19(21)17-7-9-18(10-8-17)22-12-6-5-11-20-13-15(2)23-16(3)14-20/h7-10,15-16H,4-6,11-14H2,1-3H3. The van der Waals surface area contributed by atoms with Crippen LogP contribution in [0.3, 0.4) is 0 Å². The first-order chi connectivity index (χ1) is 11.1. The molecule has 0 bridgehead atoms. The average Bonchev–Trinajstić information content (AvgIpc) is 2.53. The number of benzene rings is 1. The molecule has 1 aromatic carbocycles. The van der Waals surface area contributed by atoms with Crippen molar-refractivity contribution < 1.29 is 14.3 Å². The second-order valence-corrected chi connectivity index (χ2v) is 6.37. The average molecular weight is 319 g/mol. The fourth-order valence-corrected chi connectivity index (χ4v) is 3.04. The highest BCUT2D eigenvalue weighted by molar-refractivity contribution is 5.95. The third-order valence-electron chi connectivity index (χ3n) is 4.13. The molecule has 2 rings (SSSR count). The molecule has 0 saturated carbocycles. The summed E-state index contributed by atoms with van der Waals surface area (Å²) in [6, 6.07) is 7.46. The van der Waals surface area contributed by atoms with Crippen LogP contribution in [-0.2, 0) is 4.74 Å². The number of hydrogen-bond donors (Lipinski definition) is 0. The maximum Gasteiger partial charge on any atom is 0.162 e. The third-order valence-corrected chi connectivity index (χ3v) is 4.13. The summed E-state index contributed by atoms with van der Waals surface area (Å²) in [5.74, 6) is 1.01. The van der Waals surface area contributed by atoms with Crippen LogP contribution in [0, 0.1) is 0 Å². The van der Waals surface area contributed by atoms with Crippen LogP contribution in [0.1, 0.15) is 50.4 Å². The molecule has 1 fully saturated rings. The summed E-state index contributed by atoms with van der Waals surface area (Å²) < 4.78 is 11.5. The van der Waals surface area contributed by atoms with E-state index in [1.807, 2.05) is 31.2 Å². The first-order valence-electron chi connectivity index (χ1n) is 8.72. The molecule has 2 atom stereocenters. The minimum atomic E-state index is 0.172. The molecule has 23 heavy (non-hydrogen) atoms. The second-order valence-electron chi connectivity index (χ2n) is 6.37. The van der Waals surface area contributed by atoms with Crippen molar-refractivity contribution in [1.29, 1.82) is 0 Å². The van der Waals surface area contributed by atoms with E-state index in [0.717, 1.165) is 50.4 Å². The molecule has 0 amide bonds. The van der Waals surface area contributed by atoms with Gasteiger partial charge in [0.05, 0.1) is 18.8 Å². The van der Waals surface area contributed by atoms with Crippen LogP contribution in [0.2, 0.25) is 0 Å². The number of rotatable bonds is 8. The van der Waals surface area contributed by atoms with Crippen LogP contribution >= 0.6 is 0 Å². The van der Waals surface area contributed by atoms with Crippen molar-refractivity contribution in [3.8, 4) is 5.75 Å². The normalized spacial score (nSPS) is 22.0.